The van der Waals surface area contributed by atoms with Crippen LogP contribution in [0.3, 0.4) is 0 Å². The number of hydrogen-bond donors (Lipinski definition) is 0. The zero-order chi connectivity index (χ0) is 19.7. The van der Waals surface area contributed by atoms with Gasteiger partial charge in [-0.05, 0) is 55.2 Å². The SMILES string of the molecule is CC1CCN(C(=O)c2cc(-c3ccccc3Cl)nn2-c2ccc(F)cc2)CC1. The van der Waals surface area contributed by atoms with Crippen LogP contribution in [0.2, 0.25) is 5.02 Å². The second-order valence-corrected chi connectivity index (χ2v) is 7.66. The van der Waals surface area contributed by atoms with Crippen molar-refractivity contribution in [3.05, 3.63) is 71.1 Å². The lowest BCUT2D eigenvalue weighted by Gasteiger charge is -2.30. The molecule has 2 aromatic carbocycles. The van der Waals surface area contributed by atoms with Gasteiger partial charge in [0.15, 0.2) is 0 Å². The third-order valence-electron chi connectivity index (χ3n) is 5.22. The van der Waals surface area contributed by atoms with Crippen molar-refractivity contribution in [2.75, 3.05) is 13.1 Å². The van der Waals surface area contributed by atoms with Crippen LogP contribution in [0.15, 0.2) is 54.6 Å². The van der Waals surface area contributed by atoms with Gasteiger partial charge in [-0.25, -0.2) is 9.07 Å². The molecule has 0 spiro atoms. The number of amides is 1. The highest BCUT2D eigenvalue weighted by atomic mass is 35.5. The zero-order valence-electron chi connectivity index (χ0n) is 15.6. The van der Waals surface area contributed by atoms with Gasteiger partial charge >= 0.3 is 0 Å². The van der Waals surface area contributed by atoms with Gasteiger partial charge < -0.3 is 4.90 Å². The number of aromatic nitrogens is 2. The van der Waals surface area contributed by atoms with Gasteiger partial charge in [-0.3, -0.25) is 4.79 Å². The monoisotopic (exact) mass is 397 g/mol. The maximum absolute atomic E-state index is 13.4. The van der Waals surface area contributed by atoms with Crippen molar-refractivity contribution < 1.29 is 9.18 Å². The first-order valence-corrected chi connectivity index (χ1v) is 9.81. The molecule has 144 valence electrons. The van der Waals surface area contributed by atoms with Crippen molar-refractivity contribution in [3.63, 3.8) is 0 Å². The van der Waals surface area contributed by atoms with Gasteiger partial charge in [0, 0.05) is 18.7 Å². The summed E-state index contributed by atoms with van der Waals surface area (Å²) >= 11 is 6.34. The van der Waals surface area contributed by atoms with E-state index in [1.165, 1.54) is 12.1 Å². The van der Waals surface area contributed by atoms with E-state index in [0.717, 1.165) is 31.5 Å². The Bertz CT molecular complexity index is 991. The van der Waals surface area contributed by atoms with Gasteiger partial charge in [-0.2, -0.15) is 5.10 Å². The van der Waals surface area contributed by atoms with Crippen LogP contribution in [0, 0.1) is 11.7 Å². The van der Waals surface area contributed by atoms with Crippen LogP contribution in [0.4, 0.5) is 4.39 Å². The summed E-state index contributed by atoms with van der Waals surface area (Å²) in [4.78, 5) is 15.1. The lowest BCUT2D eigenvalue weighted by molar-refractivity contribution is 0.0688. The second kappa shape index (κ2) is 7.76. The molecule has 0 bridgehead atoms. The molecule has 3 aromatic rings. The molecule has 0 aliphatic carbocycles. The van der Waals surface area contributed by atoms with E-state index in [2.05, 4.69) is 12.0 Å². The lowest BCUT2D eigenvalue weighted by atomic mass is 9.99. The number of benzene rings is 2. The Morgan fingerprint density at radius 1 is 1.11 bits per heavy atom. The Morgan fingerprint density at radius 3 is 2.46 bits per heavy atom. The predicted molar refractivity (Wildman–Crippen MR) is 108 cm³/mol. The number of carbonyl (C=O) groups is 1. The van der Waals surface area contributed by atoms with Gasteiger partial charge in [0.2, 0.25) is 0 Å². The summed E-state index contributed by atoms with van der Waals surface area (Å²) in [5.41, 5.74) is 2.46. The molecule has 2 heterocycles. The Kier molecular flexibility index (Phi) is 5.18. The molecular weight excluding hydrogens is 377 g/mol. The molecule has 0 N–H and O–H groups in total. The van der Waals surface area contributed by atoms with E-state index in [9.17, 15) is 9.18 Å². The van der Waals surface area contributed by atoms with Gasteiger partial charge in [0.05, 0.1) is 16.4 Å². The molecule has 28 heavy (non-hydrogen) atoms. The number of hydrogen-bond acceptors (Lipinski definition) is 2. The molecule has 1 aliphatic heterocycles. The lowest BCUT2D eigenvalue weighted by Crippen LogP contribution is -2.38. The fraction of sp³-hybridized carbons (Fsp3) is 0.273. The Balaban J connectivity index is 1.78. The summed E-state index contributed by atoms with van der Waals surface area (Å²) in [6, 6.07) is 15.1. The van der Waals surface area contributed by atoms with E-state index in [1.807, 2.05) is 23.1 Å². The van der Waals surface area contributed by atoms with Crippen LogP contribution in [0.5, 0.6) is 0 Å². The standard InChI is InChI=1S/C22H21ClFN3O/c1-15-10-12-26(13-11-15)22(28)21-14-20(18-4-2-3-5-19(18)23)25-27(21)17-8-6-16(24)7-9-17/h2-9,14-15H,10-13H2,1H3. The highest BCUT2D eigenvalue weighted by Crippen LogP contribution is 2.29. The van der Waals surface area contributed by atoms with Crippen molar-refractivity contribution in [1.82, 2.24) is 14.7 Å². The molecule has 4 nitrogen and oxygen atoms in total. The molecule has 1 aliphatic rings. The quantitative estimate of drug-likeness (QED) is 0.609. The third kappa shape index (κ3) is 3.67. The van der Waals surface area contributed by atoms with E-state index >= 15 is 0 Å². The highest BCUT2D eigenvalue weighted by molar-refractivity contribution is 6.33. The van der Waals surface area contributed by atoms with Crippen molar-refractivity contribution in [2.45, 2.75) is 19.8 Å². The molecule has 1 saturated heterocycles. The maximum atomic E-state index is 13.4. The molecule has 1 aromatic heterocycles. The summed E-state index contributed by atoms with van der Waals surface area (Å²) in [5.74, 6) is 0.229. The van der Waals surface area contributed by atoms with Gasteiger partial charge in [-0.15, -0.1) is 0 Å². The Labute approximate surface area is 168 Å². The number of halogens is 2. The average molecular weight is 398 g/mol. The summed E-state index contributed by atoms with van der Waals surface area (Å²) < 4.78 is 15.0. The van der Waals surface area contributed by atoms with Crippen LogP contribution in [-0.4, -0.2) is 33.7 Å². The minimum absolute atomic E-state index is 0.0676. The Morgan fingerprint density at radius 2 is 1.79 bits per heavy atom. The topological polar surface area (TPSA) is 38.1 Å². The Hall–Kier alpha value is -2.66. The van der Waals surface area contributed by atoms with Crippen molar-refractivity contribution >= 4 is 17.5 Å². The van der Waals surface area contributed by atoms with Crippen LogP contribution >= 0.6 is 11.6 Å². The molecule has 0 saturated carbocycles. The van der Waals surface area contributed by atoms with Gasteiger partial charge in [0.1, 0.15) is 11.5 Å². The maximum Gasteiger partial charge on any atom is 0.272 e. The average Bonchev–Trinajstić information content (AvgIpc) is 3.14. The summed E-state index contributed by atoms with van der Waals surface area (Å²) in [6.45, 7) is 3.67. The van der Waals surface area contributed by atoms with Crippen molar-refractivity contribution in [2.24, 2.45) is 5.92 Å². The van der Waals surface area contributed by atoms with Crippen molar-refractivity contribution in [1.29, 1.82) is 0 Å². The van der Waals surface area contributed by atoms with E-state index in [-0.39, 0.29) is 11.7 Å². The molecule has 1 amide bonds. The molecular formula is C22H21ClFN3O. The summed E-state index contributed by atoms with van der Waals surface area (Å²) in [7, 11) is 0. The highest BCUT2D eigenvalue weighted by Gasteiger charge is 2.26. The van der Waals surface area contributed by atoms with Crippen LogP contribution in [-0.2, 0) is 0 Å². The molecule has 1 fully saturated rings. The molecule has 4 rings (SSSR count). The third-order valence-corrected chi connectivity index (χ3v) is 5.55. The van der Waals surface area contributed by atoms with E-state index < -0.39 is 0 Å². The largest absolute Gasteiger partial charge is 0.337 e. The first kappa shape index (κ1) is 18.7. The number of piperidine rings is 1. The van der Waals surface area contributed by atoms with E-state index in [4.69, 9.17) is 11.6 Å². The number of nitrogens with zero attached hydrogens (tertiary/aromatic N) is 3. The fourth-order valence-corrected chi connectivity index (χ4v) is 3.72. The van der Waals surface area contributed by atoms with Gasteiger partial charge in [0.25, 0.3) is 5.91 Å². The van der Waals surface area contributed by atoms with Gasteiger partial charge in [-0.1, -0.05) is 36.7 Å². The second-order valence-electron chi connectivity index (χ2n) is 7.26. The number of likely N-dealkylation sites (tertiary alicyclic amines) is 1. The van der Waals surface area contributed by atoms with Crippen LogP contribution in [0.1, 0.15) is 30.3 Å². The van der Waals surface area contributed by atoms with Crippen LogP contribution in [0.25, 0.3) is 16.9 Å². The molecule has 0 atom stereocenters. The first-order chi connectivity index (χ1) is 13.5. The van der Waals surface area contributed by atoms with Crippen LogP contribution < -0.4 is 0 Å². The molecule has 0 unspecified atom stereocenters. The zero-order valence-corrected chi connectivity index (χ0v) is 16.4. The normalized spacial score (nSPS) is 15.0. The molecule has 6 heteroatoms. The summed E-state index contributed by atoms with van der Waals surface area (Å²) in [6.07, 6.45) is 1.99. The number of rotatable bonds is 3. The smallest absolute Gasteiger partial charge is 0.272 e. The predicted octanol–water partition coefficient (Wildman–Crippen LogP) is 5.20. The summed E-state index contributed by atoms with van der Waals surface area (Å²) in [5, 5.41) is 5.20. The van der Waals surface area contributed by atoms with E-state index in [0.29, 0.717) is 28.0 Å². The van der Waals surface area contributed by atoms with Crippen molar-refractivity contribution in [3.8, 4) is 16.9 Å². The number of carbonyl (C=O) groups excluding carboxylic acids is 1. The van der Waals surface area contributed by atoms with E-state index in [1.54, 1.807) is 28.9 Å². The minimum atomic E-state index is -0.333. The first-order valence-electron chi connectivity index (χ1n) is 9.43. The minimum Gasteiger partial charge on any atom is -0.337 e. The molecule has 0 radical (unpaired) electrons. The fourth-order valence-electron chi connectivity index (χ4n) is 3.49.